The molecule has 1 aliphatic carbocycles. The molecule has 7 heteroatoms. The van der Waals surface area contributed by atoms with Crippen molar-refractivity contribution in [3.63, 3.8) is 0 Å². The van der Waals surface area contributed by atoms with Crippen LogP contribution in [-0.2, 0) is 19.0 Å². The Morgan fingerprint density at radius 1 is 1.14 bits per heavy atom. The fourth-order valence-electron chi connectivity index (χ4n) is 3.64. The predicted octanol–water partition coefficient (Wildman–Crippen LogP) is -0.714. The molecule has 0 amide bonds. The average Bonchev–Trinajstić information content (AvgIpc) is 2.75. The van der Waals surface area contributed by atoms with Crippen LogP contribution in [0.2, 0.25) is 0 Å². The normalized spacial score (nSPS) is 28.2. The van der Waals surface area contributed by atoms with Gasteiger partial charge in [-0.05, 0) is 44.7 Å². The van der Waals surface area contributed by atoms with Gasteiger partial charge < -0.3 is 37.1 Å². The molecule has 0 spiro atoms. The third-order valence-electron chi connectivity index (χ3n) is 5.25. The fourth-order valence-corrected chi connectivity index (χ4v) is 3.64. The van der Waals surface area contributed by atoms with E-state index in [4.69, 9.17) is 18.9 Å². The molecule has 1 aromatic rings. The highest BCUT2D eigenvalue weighted by Gasteiger charge is 2.36. The van der Waals surface area contributed by atoms with Gasteiger partial charge in [0.2, 0.25) is 6.04 Å². The number of rotatable bonds is 5. The Labute approximate surface area is 179 Å². The lowest BCUT2D eigenvalue weighted by Gasteiger charge is -2.30. The van der Waals surface area contributed by atoms with E-state index < -0.39 is 18.2 Å². The molecule has 29 heavy (non-hydrogen) atoms. The van der Waals surface area contributed by atoms with E-state index in [-0.39, 0.29) is 31.1 Å². The number of cyclic esters (lactones) is 1. The van der Waals surface area contributed by atoms with Crippen molar-refractivity contribution in [3.8, 4) is 5.75 Å². The molecule has 162 valence electrons. The third-order valence-corrected chi connectivity index (χ3v) is 5.25. The molecule has 0 radical (unpaired) electrons. The molecule has 1 aromatic carbocycles. The number of allylic oxidation sites excluding steroid dienone is 1. The molecule has 1 heterocycles. The summed E-state index contributed by atoms with van der Waals surface area (Å²) in [5, 5.41) is 0. The largest absolute Gasteiger partial charge is 1.00 e. The van der Waals surface area contributed by atoms with Crippen LogP contribution in [0, 0.1) is 0 Å². The van der Waals surface area contributed by atoms with Crippen molar-refractivity contribution >= 4 is 5.97 Å². The Kier molecular flexibility index (Phi) is 9.94. The number of para-hydroxylation sites is 1. The number of esters is 1. The van der Waals surface area contributed by atoms with Gasteiger partial charge in [-0.3, -0.25) is 0 Å². The zero-order valence-electron chi connectivity index (χ0n) is 17.1. The van der Waals surface area contributed by atoms with Gasteiger partial charge in [0.05, 0.1) is 13.2 Å². The summed E-state index contributed by atoms with van der Waals surface area (Å²) < 4.78 is 23.7. The molecule has 6 nitrogen and oxygen atoms in total. The van der Waals surface area contributed by atoms with Gasteiger partial charge in [-0.15, -0.1) is 0 Å². The van der Waals surface area contributed by atoms with E-state index >= 15 is 0 Å². The standard InChI is InChI=1S/C22H31NO5.ClH/c1-16-21(26-13-12-17-8-4-2-5-9-17)20(28-18-10-6-3-7-11-18)15-25-14-19(23)22(24)27-16;/h3,6-7,10-12,16,19-21H,2,4-5,8-9,13-15,23H2,1H3;1H/t16-,19-,20-,21-;/m0./s1. The Hall–Kier alpha value is -1.60. The summed E-state index contributed by atoms with van der Waals surface area (Å²) >= 11 is 0. The first-order chi connectivity index (χ1) is 13.6. The lowest BCUT2D eigenvalue weighted by Crippen LogP contribution is -3.00. The lowest BCUT2D eigenvalue weighted by atomic mass is 9.95. The molecule has 2 fully saturated rings. The number of hydrogen-bond acceptors (Lipinski definition) is 5. The van der Waals surface area contributed by atoms with Crippen LogP contribution in [0.5, 0.6) is 5.75 Å². The van der Waals surface area contributed by atoms with Crippen LogP contribution in [0.1, 0.15) is 39.0 Å². The van der Waals surface area contributed by atoms with E-state index in [0.29, 0.717) is 13.2 Å². The van der Waals surface area contributed by atoms with E-state index in [9.17, 15) is 4.79 Å². The molecule has 4 atom stereocenters. The molecular formula is C22H32ClNO5. The average molecular weight is 426 g/mol. The first kappa shape index (κ1) is 23.7. The first-order valence-corrected chi connectivity index (χ1v) is 10.3. The van der Waals surface area contributed by atoms with Crippen molar-refractivity contribution in [2.45, 2.75) is 63.4 Å². The summed E-state index contributed by atoms with van der Waals surface area (Å²) in [6.45, 7) is 2.83. The zero-order valence-corrected chi connectivity index (χ0v) is 17.8. The van der Waals surface area contributed by atoms with Gasteiger partial charge in [0.1, 0.15) is 24.6 Å². The smallest absolute Gasteiger partial charge is 0.367 e. The van der Waals surface area contributed by atoms with Crippen molar-refractivity contribution in [3.05, 3.63) is 42.0 Å². The summed E-state index contributed by atoms with van der Waals surface area (Å²) in [6, 6.07) is 9.02. The number of hydrogen-bond donors (Lipinski definition) is 1. The Balaban J connectivity index is 0.00000300. The molecule has 3 rings (SSSR count). The van der Waals surface area contributed by atoms with Crippen LogP contribution in [0.4, 0.5) is 0 Å². The van der Waals surface area contributed by atoms with Crippen LogP contribution in [0.15, 0.2) is 42.0 Å². The zero-order chi connectivity index (χ0) is 19.8. The highest BCUT2D eigenvalue weighted by Crippen LogP contribution is 2.23. The molecule has 1 aliphatic heterocycles. The van der Waals surface area contributed by atoms with E-state index in [2.05, 4.69) is 11.8 Å². The minimum atomic E-state index is -0.553. The summed E-state index contributed by atoms with van der Waals surface area (Å²) in [5.41, 5.74) is 5.28. The fraction of sp³-hybridized carbons (Fsp3) is 0.591. The number of halogens is 1. The van der Waals surface area contributed by atoms with E-state index in [1.165, 1.54) is 24.8 Å². The highest BCUT2D eigenvalue weighted by molar-refractivity contribution is 5.74. The molecule has 0 bridgehead atoms. The lowest BCUT2D eigenvalue weighted by molar-refractivity contribution is -0.415. The van der Waals surface area contributed by atoms with Crippen molar-refractivity contribution in [2.75, 3.05) is 19.8 Å². The summed E-state index contributed by atoms with van der Waals surface area (Å²) in [4.78, 5) is 12.2. The van der Waals surface area contributed by atoms with Crippen LogP contribution < -0.4 is 22.9 Å². The minimum Gasteiger partial charge on any atom is -1.00 e. The second-order valence-electron chi connectivity index (χ2n) is 7.57. The molecule has 1 saturated carbocycles. The number of quaternary nitrogens is 1. The monoisotopic (exact) mass is 425 g/mol. The molecule has 3 N–H and O–H groups in total. The van der Waals surface area contributed by atoms with Crippen LogP contribution in [-0.4, -0.2) is 50.1 Å². The second-order valence-corrected chi connectivity index (χ2v) is 7.57. The van der Waals surface area contributed by atoms with Crippen molar-refractivity contribution in [1.29, 1.82) is 0 Å². The van der Waals surface area contributed by atoms with E-state index in [1.54, 1.807) is 0 Å². The molecule has 1 saturated heterocycles. The maximum absolute atomic E-state index is 12.2. The maximum Gasteiger partial charge on any atom is 0.367 e. The van der Waals surface area contributed by atoms with E-state index in [0.717, 1.165) is 18.6 Å². The molecule has 2 aliphatic rings. The number of carbonyl (C=O) groups excluding carboxylic acids is 1. The van der Waals surface area contributed by atoms with Gasteiger partial charge in [-0.2, -0.15) is 0 Å². The minimum absolute atomic E-state index is 0. The predicted molar refractivity (Wildman–Crippen MR) is 105 cm³/mol. The van der Waals surface area contributed by atoms with Crippen LogP contribution in [0.3, 0.4) is 0 Å². The van der Waals surface area contributed by atoms with Gasteiger partial charge in [0, 0.05) is 0 Å². The number of ether oxygens (including phenoxy) is 4. The topological polar surface area (TPSA) is 81.6 Å². The maximum atomic E-state index is 12.2. The van der Waals surface area contributed by atoms with Gasteiger partial charge in [-0.1, -0.05) is 36.3 Å². The van der Waals surface area contributed by atoms with Crippen molar-refractivity contribution < 1.29 is 41.9 Å². The van der Waals surface area contributed by atoms with Crippen molar-refractivity contribution in [1.82, 2.24) is 0 Å². The Bertz CT molecular complexity index is 646. The van der Waals surface area contributed by atoms with Gasteiger partial charge in [0.15, 0.2) is 6.10 Å². The van der Waals surface area contributed by atoms with Crippen LogP contribution >= 0.6 is 0 Å². The molecular weight excluding hydrogens is 394 g/mol. The first-order valence-electron chi connectivity index (χ1n) is 10.3. The summed E-state index contributed by atoms with van der Waals surface area (Å²) in [6.07, 6.45) is 7.00. The van der Waals surface area contributed by atoms with Gasteiger partial charge >= 0.3 is 5.97 Å². The Morgan fingerprint density at radius 2 is 1.86 bits per heavy atom. The van der Waals surface area contributed by atoms with Crippen LogP contribution in [0.25, 0.3) is 0 Å². The summed E-state index contributed by atoms with van der Waals surface area (Å²) in [5.74, 6) is 0.367. The Morgan fingerprint density at radius 3 is 2.59 bits per heavy atom. The van der Waals surface area contributed by atoms with Crippen molar-refractivity contribution in [2.24, 2.45) is 0 Å². The number of carbonyl (C=O) groups is 1. The van der Waals surface area contributed by atoms with Gasteiger partial charge in [-0.25, -0.2) is 4.79 Å². The summed E-state index contributed by atoms with van der Waals surface area (Å²) in [7, 11) is 0. The quantitative estimate of drug-likeness (QED) is 0.497. The second kappa shape index (κ2) is 12.2. The molecule has 0 unspecified atom stereocenters. The van der Waals surface area contributed by atoms with E-state index in [1.807, 2.05) is 37.3 Å². The van der Waals surface area contributed by atoms with Gasteiger partial charge in [0.25, 0.3) is 0 Å². The third kappa shape index (κ3) is 7.30. The number of benzene rings is 1. The molecule has 0 aromatic heterocycles. The highest BCUT2D eigenvalue weighted by atomic mass is 35.5. The SMILES string of the molecule is C[C@@H]1OC(=O)[C@@H]([NH3+])COC[C@H](Oc2ccccc2)[C@H]1OCC=C1CCCCC1.[Cl-].